The summed E-state index contributed by atoms with van der Waals surface area (Å²) in [7, 11) is -3.89. The highest BCUT2D eigenvalue weighted by Gasteiger charge is 2.19. The number of nitrogen functional groups attached to an aromatic ring is 1. The fourth-order valence-electron chi connectivity index (χ4n) is 1.67. The Hall–Kier alpha value is -1.79. The molecule has 106 valence electrons. The summed E-state index contributed by atoms with van der Waals surface area (Å²) >= 11 is 5.88. The standard InChI is InChI=1S/C13H12ClFN2O2S/c1-8-6-9(15)2-5-12(8)17-20(18,19)13-7-10(16)3-4-11(13)14/h2-7,17H,16H2,1H3. The second-order valence-electron chi connectivity index (χ2n) is 4.25. The first-order valence-electron chi connectivity index (χ1n) is 5.63. The van der Waals surface area contributed by atoms with Crippen molar-refractivity contribution in [2.24, 2.45) is 0 Å². The van der Waals surface area contributed by atoms with Gasteiger partial charge in [0.15, 0.2) is 0 Å². The van der Waals surface area contributed by atoms with E-state index in [1.54, 1.807) is 6.92 Å². The molecule has 0 atom stereocenters. The number of hydrogen-bond donors (Lipinski definition) is 2. The van der Waals surface area contributed by atoms with Gasteiger partial charge in [0, 0.05) is 5.69 Å². The summed E-state index contributed by atoms with van der Waals surface area (Å²) in [5.41, 5.74) is 6.60. The van der Waals surface area contributed by atoms with Gasteiger partial charge in [0.05, 0.1) is 10.7 Å². The van der Waals surface area contributed by atoms with E-state index in [-0.39, 0.29) is 21.3 Å². The molecule has 0 aliphatic carbocycles. The van der Waals surface area contributed by atoms with Crippen molar-refractivity contribution in [2.45, 2.75) is 11.8 Å². The molecule has 0 aromatic heterocycles. The van der Waals surface area contributed by atoms with Crippen LogP contribution in [-0.4, -0.2) is 8.42 Å². The Kier molecular flexibility index (Phi) is 3.87. The Morgan fingerprint density at radius 2 is 1.90 bits per heavy atom. The van der Waals surface area contributed by atoms with Crippen LogP contribution >= 0.6 is 11.6 Å². The number of hydrogen-bond acceptors (Lipinski definition) is 3. The molecule has 0 heterocycles. The van der Waals surface area contributed by atoms with Gasteiger partial charge in [0.25, 0.3) is 10.0 Å². The third kappa shape index (κ3) is 3.02. The molecule has 4 nitrogen and oxygen atoms in total. The lowest BCUT2D eigenvalue weighted by atomic mass is 10.2. The minimum atomic E-state index is -3.89. The van der Waals surface area contributed by atoms with Gasteiger partial charge >= 0.3 is 0 Å². The van der Waals surface area contributed by atoms with Gasteiger partial charge < -0.3 is 5.73 Å². The van der Waals surface area contributed by atoms with E-state index in [4.69, 9.17) is 17.3 Å². The van der Waals surface area contributed by atoms with Crippen molar-refractivity contribution in [3.8, 4) is 0 Å². The summed E-state index contributed by atoms with van der Waals surface area (Å²) in [6.45, 7) is 1.60. The summed E-state index contributed by atoms with van der Waals surface area (Å²) in [6.07, 6.45) is 0. The minimum absolute atomic E-state index is 0.0615. The van der Waals surface area contributed by atoms with E-state index >= 15 is 0 Å². The predicted molar refractivity (Wildman–Crippen MR) is 77.8 cm³/mol. The van der Waals surface area contributed by atoms with Gasteiger partial charge in [-0.15, -0.1) is 0 Å². The monoisotopic (exact) mass is 314 g/mol. The molecule has 0 saturated carbocycles. The number of aryl methyl sites for hydroxylation is 1. The summed E-state index contributed by atoms with van der Waals surface area (Å²) in [5.74, 6) is -0.438. The zero-order valence-electron chi connectivity index (χ0n) is 10.5. The Morgan fingerprint density at radius 1 is 1.20 bits per heavy atom. The highest BCUT2D eigenvalue weighted by atomic mass is 35.5. The molecule has 0 aliphatic rings. The fraction of sp³-hybridized carbons (Fsp3) is 0.0769. The predicted octanol–water partition coefficient (Wildman–Crippen LogP) is 3.17. The molecule has 0 bridgehead atoms. The molecule has 0 amide bonds. The molecule has 7 heteroatoms. The van der Waals surface area contributed by atoms with E-state index in [1.807, 2.05) is 0 Å². The number of benzene rings is 2. The Bertz CT molecular complexity index is 763. The smallest absolute Gasteiger partial charge is 0.263 e. The van der Waals surface area contributed by atoms with Crippen LogP contribution in [0.2, 0.25) is 5.02 Å². The van der Waals surface area contributed by atoms with Crippen LogP contribution in [0.1, 0.15) is 5.56 Å². The maximum absolute atomic E-state index is 13.0. The number of rotatable bonds is 3. The second-order valence-corrected chi connectivity index (χ2v) is 6.31. The molecule has 2 aromatic rings. The van der Waals surface area contributed by atoms with Crippen LogP contribution in [0.3, 0.4) is 0 Å². The van der Waals surface area contributed by atoms with Crippen LogP contribution in [0.25, 0.3) is 0 Å². The first kappa shape index (κ1) is 14.6. The van der Waals surface area contributed by atoms with Crippen LogP contribution in [0.4, 0.5) is 15.8 Å². The van der Waals surface area contributed by atoms with Crippen molar-refractivity contribution in [1.82, 2.24) is 0 Å². The number of halogens is 2. The normalized spacial score (nSPS) is 11.3. The fourth-order valence-corrected chi connectivity index (χ4v) is 3.33. The topological polar surface area (TPSA) is 72.2 Å². The summed E-state index contributed by atoms with van der Waals surface area (Å²) in [6, 6.07) is 7.93. The van der Waals surface area contributed by atoms with Gasteiger partial charge in [-0.2, -0.15) is 0 Å². The molecule has 0 saturated heterocycles. The van der Waals surface area contributed by atoms with E-state index in [9.17, 15) is 12.8 Å². The molecule has 2 rings (SSSR count). The molecule has 0 spiro atoms. The third-order valence-corrected chi connectivity index (χ3v) is 4.52. The van der Waals surface area contributed by atoms with Crippen molar-refractivity contribution >= 4 is 33.0 Å². The lowest BCUT2D eigenvalue weighted by molar-refractivity contribution is 0.601. The van der Waals surface area contributed by atoms with E-state index in [1.165, 1.54) is 36.4 Å². The van der Waals surface area contributed by atoms with Gasteiger partial charge in [0.1, 0.15) is 10.7 Å². The number of sulfonamides is 1. The summed E-state index contributed by atoms with van der Waals surface area (Å²) in [4.78, 5) is -0.122. The van der Waals surface area contributed by atoms with Crippen molar-refractivity contribution in [3.63, 3.8) is 0 Å². The Morgan fingerprint density at radius 3 is 2.55 bits per heavy atom. The molecule has 2 aromatic carbocycles. The molecular formula is C13H12ClFN2O2S. The van der Waals surface area contributed by atoms with Gasteiger partial charge in [-0.05, 0) is 48.9 Å². The average Bonchev–Trinajstić information content (AvgIpc) is 2.35. The molecule has 0 fully saturated rings. The summed E-state index contributed by atoms with van der Waals surface area (Å²) < 4.78 is 39.9. The van der Waals surface area contributed by atoms with Gasteiger partial charge in [-0.25, -0.2) is 12.8 Å². The number of nitrogens with two attached hydrogens (primary N) is 1. The van der Waals surface area contributed by atoms with Crippen molar-refractivity contribution < 1.29 is 12.8 Å². The number of anilines is 2. The number of nitrogens with one attached hydrogen (secondary N) is 1. The van der Waals surface area contributed by atoms with Gasteiger partial charge in [-0.1, -0.05) is 11.6 Å². The molecule has 0 unspecified atom stereocenters. The first-order valence-corrected chi connectivity index (χ1v) is 7.50. The second kappa shape index (κ2) is 5.30. The third-order valence-electron chi connectivity index (χ3n) is 2.68. The van der Waals surface area contributed by atoms with Gasteiger partial charge in [0.2, 0.25) is 0 Å². The van der Waals surface area contributed by atoms with Crippen molar-refractivity contribution in [2.75, 3.05) is 10.5 Å². The van der Waals surface area contributed by atoms with Crippen LogP contribution in [-0.2, 0) is 10.0 Å². The SMILES string of the molecule is Cc1cc(F)ccc1NS(=O)(=O)c1cc(N)ccc1Cl. The van der Waals surface area contributed by atoms with Crippen molar-refractivity contribution in [1.29, 1.82) is 0 Å². The Balaban J connectivity index is 2.43. The van der Waals surface area contributed by atoms with Crippen LogP contribution in [0.5, 0.6) is 0 Å². The first-order chi connectivity index (χ1) is 9.29. The molecule has 3 N–H and O–H groups in total. The molecule has 0 radical (unpaired) electrons. The van der Waals surface area contributed by atoms with Crippen LogP contribution in [0.15, 0.2) is 41.3 Å². The Labute approximate surface area is 121 Å². The minimum Gasteiger partial charge on any atom is -0.399 e. The highest BCUT2D eigenvalue weighted by molar-refractivity contribution is 7.92. The van der Waals surface area contributed by atoms with Gasteiger partial charge in [-0.3, -0.25) is 4.72 Å². The molecule has 0 aliphatic heterocycles. The van der Waals surface area contributed by atoms with E-state index in [0.717, 1.165) is 0 Å². The van der Waals surface area contributed by atoms with E-state index in [2.05, 4.69) is 4.72 Å². The van der Waals surface area contributed by atoms with Crippen LogP contribution < -0.4 is 10.5 Å². The highest BCUT2D eigenvalue weighted by Crippen LogP contribution is 2.27. The van der Waals surface area contributed by atoms with E-state index in [0.29, 0.717) is 5.56 Å². The maximum Gasteiger partial charge on any atom is 0.263 e. The largest absolute Gasteiger partial charge is 0.399 e. The maximum atomic E-state index is 13.0. The lowest BCUT2D eigenvalue weighted by Crippen LogP contribution is -2.14. The quantitative estimate of drug-likeness (QED) is 0.855. The molecular weight excluding hydrogens is 303 g/mol. The van der Waals surface area contributed by atoms with Crippen molar-refractivity contribution in [3.05, 3.63) is 52.8 Å². The van der Waals surface area contributed by atoms with E-state index < -0.39 is 15.8 Å². The zero-order chi connectivity index (χ0) is 14.9. The molecule has 20 heavy (non-hydrogen) atoms. The summed E-state index contributed by atoms with van der Waals surface area (Å²) in [5, 5.41) is 0.0615. The van der Waals surface area contributed by atoms with Crippen LogP contribution in [0, 0.1) is 12.7 Å². The average molecular weight is 315 g/mol. The zero-order valence-corrected chi connectivity index (χ0v) is 12.1. The lowest BCUT2D eigenvalue weighted by Gasteiger charge is -2.12.